The van der Waals surface area contributed by atoms with Crippen molar-refractivity contribution in [3.8, 4) is 0 Å². The SMILES string of the molecule is Cc1ccccc1CN1CC(=O)N2CCCC2C1=O. The van der Waals surface area contributed by atoms with Crippen LogP contribution in [0.4, 0.5) is 0 Å². The highest BCUT2D eigenvalue weighted by molar-refractivity contribution is 5.95. The zero-order valence-electron chi connectivity index (χ0n) is 11.1. The third-order valence-corrected chi connectivity index (χ3v) is 4.12. The quantitative estimate of drug-likeness (QED) is 0.803. The number of carbonyl (C=O) groups excluding carboxylic acids is 2. The summed E-state index contributed by atoms with van der Waals surface area (Å²) in [6, 6.07) is 7.81. The molecule has 1 aromatic rings. The lowest BCUT2D eigenvalue weighted by Crippen LogP contribution is -2.56. The predicted octanol–water partition coefficient (Wildman–Crippen LogP) is 1.33. The van der Waals surface area contributed by atoms with Crippen LogP contribution in [0.1, 0.15) is 24.0 Å². The Hall–Kier alpha value is -1.84. The van der Waals surface area contributed by atoms with Gasteiger partial charge in [0.25, 0.3) is 0 Å². The van der Waals surface area contributed by atoms with Crippen LogP contribution < -0.4 is 0 Å². The van der Waals surface area contributed by atoms with Gasteiger partial charge in [-0.3, -0.25) is 9.59 Å². The normalized spacial score (nSPS) is 22.9. The fraction of sp³-hybridized carbons (Fsp3) is 0.467. The second kappa shape index (κ2) is 4.68. The fourth-order valence-corrected chi connectivity index (χ4v) is 2.99. The Balaban J connectivity index is 1.80. The van der Waals surface area contributed by atoms with Gasteiger partial charge in [-0.2, -0.15) is 0 Å². The molecular formula is C15H18N2O2. The van der Waals surface area contributed by atoms with Crippen LogP contribution >= 0.6 is 0 Å². The van der Waals surface area contributed by atoms with Crippen molar-refractivity contribution in [3.05, 3.63) is 35.4 Å². The van der Waals surface area contributed by atoms with E-state index in [0.717, 1.165) is 30.5 Å². The standard InChI is InChI=1S/C15H18N2O2/c1-11-5-2-3-6-12(11)9-16-10-14(18)17-8-4-7-13(17)15(16)19/h2-3,5-6,13H,4,7-10H2,1H3. The van der Waals surface area contributed by atoms with Crippen molar-refractivity contribution in [2.45, 2.75) is 32.4 Å². The van der Waals surface area contributed by atoms with Gasteiger partial charge in [0.15, 0.2) is 0 Å². The molecule has 0 aliphatic carbocycles. The highest BCUT2D eigenvalue weighted by Gasteiger charge is 2.41. The van der Waals surface area contributed by atoms with Crippen LogP contribution in [0.2, 0.25) is 0 Å². The van der Waals surface area contributed by atoms with Crippen molar-refractivity contribution in [2.24, 2.45) is 0 Å². The number of aryl methyl sites for hydroxylation is 1. The molecule has 100 valence electrons. The molecule has 0 saturated carbocycles. The summed E-state index contributed by atoms with van der Waals surface area (Å²) < 4.78 is 0. The minimum absolute atomic E-state index is 0.0932. The zero-order valence-corrected chi connectivity index (χ0v) is 11.1. The van der Waals surface area contributed by atoms with Crippen LogP contribution in [-0.2, 0) is 16.1 Å². The Kier molecular flexibility index (Phi) is 3.01. The summed E-state index contributed by atoms with van der Waals surface area (Å²) in [5.41, 5.74) is 2.28. The average Bonchev–Trinajstić information content (AvgIpc) is 2.88. The topological polar surface area (TPSA) is 40.6 Å². The van der Waals surface area contributed by atoms with Gasteiger partial charge in [-0.15, -0.1) is 0 Å². The number of piperazine rings is 1. The molecule has 4 nitrogen and oxygen atoms in total. The summed E-state index contributed by atoms with van der Waals surface area (Å²) >= 11 is 0. The van der Waals surface area contributed by atoms with Gasteiger partial charge in [0.1, 0.15) is 12.6 Å². The molecule has 19 heavy (non-hydrogen) atoms. The maximum Gasteiger partial charge on any atom is 0.246 e. The number of amides is 2. The molecule has 0 aromatic heterocycles. The van der Waals surface area contributed by atoms with E-state index in [1.807, 2.05) is 31.2 Å². The fourth-order valence-electron chi connectivity index (χ4n) is 2.99. The van der Waals surface area contributed by atoms with E-state index in [0.29, 0.717) is 6.54 Å². The molecular weight excluding hydrogens is 240 g/mol. The van der Waals surface area contributed by atoms with Gasteiger partial charge in [-0.1, -0.05) is 24.3 Å². The lowest BCUT2D eigenvalue weighted by molar-refractivity contribution is -0.154. The first-order chi connectivity index (χ1) is 9.16. The van der Waals surface area contributed by atoms with Gasteiger partial charge in [0.05, 0.1) is 0 Å². The highest BCUT2D eigenvalue weighted by Crippen LogP contribution is 2.25. The maximum atomic E-state index is 12.4. The van der Waals surface area contributed by atoms with E-state index in [-0.39, 0.29) is 24.4 Å². The van der Waals surface area contributed by atoms with Gasteiger partial charge < -0.3 is 9.80 Å². The molecule has 0 bridgehead atoms. The van der Waals surface area contributed by atoms with Crippen LogP contribution in [0.3, 0.4) is 0 Å². The summed E-state index contributed by atoms with van der Waals surface area (Å²) in [5, 5.41) is 0. The number of fused-ring (bicyclic) bond motifs is 1. The van der Waals surface area contributed by atoms with Gasteiger partial charge in [-0.05, 0) is 30.9 Å². The highest BCUT2D eigenvalue weighted by atomic mass is 16.2. The zero-order chi connectivity index (χ0) is 13.4. The van der Waals surface area contributed by atoms with Gasteiger partial charge in [-0.25, -0.2) is 0 Å². The summed E-state index contributed by atoms with van der Waals surface area (Å²) in [6.45, 7) is 3.55. The molecule has 2 aliphatic heterocycles. The van der Waals surface area contributed by atoms with Gasteiger partial charge in [0.2, 0.25) is 11.8 Å². The lowest BCUT2D eigenvalue weighted by Gasteiger charge is -2.36. The monoisotopic (exact) mass is 258 g/mol. The molecule has 0 radical (unpaired) electrons. The Labute approximate surface area is 113 Å². The first-order valence-electron chi connectivity index (χ1n) is 6.79. The molecule has 1 aromatic carbocycles. The number of carbonyl (C=O) groups is 2. The molecule has 2 fully saturated rings. The molecule has 1 atom stereocenters. The number of rotatable bonds is 2. The van der Waals surface area contributed by atoms with Crippen molar-refractivity contribution in [2.75, 3.05) is 13.1 Å². The minimum Gasteiger partial charge on any atom is -0.329 e. The Morgan fingerprint density at radius 1 is 1.26 bits per heavy atom. The Morgan fingerprint density at radius 2 is 2.05 bits per heavy atom. The summed E-state index contributed by atoms with van der Waals surface area (Å²) in [5.74, 6) is 0.205. The third-order valence-electron chi connectivity index (χ3n) is 4.12. The average molecular weight is 258 g/mol. The number of nitrogens with zero attached hydrogens (tertiary/aromatic N) is 2. The largest absolute Gasteiger partial charge is 0.329 e. The van der Waals surface area contributed by atoms with Crippen molar-refractivity contribution < 1.29 is 9.59 Å². The van der Waals surface area contributed by atoms with E-state index >= 15 is 0 Å². The predicted molar refractivity (Wildman–Crippen MR) is 71.3 cm³/mol. The molecule has 2 heterocycles. The van der Waals surface area contributed by atoms with Crippen molar-refractivity contribution in [3.63, 3.8) is 0 Å². The van der Waals surface area contributed by atoms with Crippen molar-refractivity contribution in [1.82, 2.24) is 9.80 Å². The van der Waals surface area contributed by atoms with Crippen LogP contribution in [0.25, 0.3) is 0 Å². The second-order valence-corrected chi connectivity index (χ2v) is 5.37. The van der Waals surface area contributed by atoms with E-state index < -0.39 is 0 Å². The molecule has 0 N–H and O–H groups in total. The van der Waals surface area contributed by atoms with Crippen LogP contribution in [0.5, 0.6) is 0 Å². The number of benzene rings is 1. The molecule has 3 rings (SSSR count). The van der Waals surface area contributed by atoms with Crippen LogP contribution in [0.15, 0.2) is 24.3 Å². The van der Waals surface area contributed by atoms with E-state index in [9.17, 15) is 9.59 Å². The van der Waals surface area contributed by atoms with E-state index in [2.05, 4.69) is 0 Å². The van der Waals surface area contributed by atoms with Gasteiger partial charge >= 0.3 is 0 Å². The maximum absolute atomic E-state index is 12.4. The lowest BCUT2D eigenvalue weighted by atomic mass is 10.1. The van der Waals surface area contributed by atoms with E-state index in [4.69, 9.17) is 0 Å². The summed E-state index contributed by atoms with van der Waals surface area (Å²) in [7, 11) is 0. The van der Waals surface area contributed by atoms with Crippen molar-refractivity contribution in [1.29, 1.82) is 0 Å². The molecule has 2 saturated heterocycles. The summed E-state index contributed by atoms with van der Waals surface area (Å²) in [6.07, 6.45) is 1.76. The van der Waals surface area contributed by atoms with E-state index in [1.165, 1.54) is 0 Å². The molecule has 2 amide bonds. The van der Waals surface area contributed by atoms with Crippen LogP contribution in [0, 0.1) is 6.92 Å². The van der Waals surface area contributed by atoms with Gasteiger partial charge in [0, 0.05) is 13.1 Å². The van der Waals surface area contributed by atoms with Crippen LogP contribution in [-0.4, -0.2) is 40.7 Å². The third kappa shape index (κ3) is 2.11. The Morgan fingerprint density at radius 3 is 2.84 bits per heavy atom. The molecule has 0 spiro atoms. The smallest absolute Gasteiger partial charge is 0.246 e. The molecule has 1 unspecified atom stereocenters. The first-order valence-corrected chi connectivity index (χ1v) is 6.79. The first kappa shape index (κ1) is 12.2. The van der Waals surface area contributed by atoms with Crippen molar-refractivity contribution >= 4 is 11.8 Å². The second-order valence-electron chi connectivity index (χ2n) is 5.37. The van der Waals surface area contributed by atoms with E-state index in [1.54, 1.807) is 9.80 Å². The summed E-state index contributed by atoms with van der Waals surface area (Å²) in [4.78, 5) is 27.9. The number of hydrogen-bond acceptors (Lipinski definition) is 2. The Bertz CT molecular complexity index is 527. The number of hydrogen-bond donors (Lipinski definition) is 0. The minimum atomic E-state index is -0.203. The molecule has 4 heteroatoms. The molecule has 2 aliphatic rings.